The highest BCUT2D eigenvalue weighted by atomic mass is 35.5. The maximum atomic E-state index is 12.5. The smallest absolute Gasteiger partial charge is 0.305 e. The molecule has 0 aromatic heterocycles. The minimum atomic E-state index is -0.170. The van der Waals surface area contributed by atoms with E-state index in [-0.39, 0.29) is 29.6 Å². The highest BCUT2D eigenvalue weighted by Gasteiger charge is 2.70. The van der Waals surface area contributed by atoms with Crippen molar-refractivity contribution in [1.29, 1.82) is 0 Å². The van der Waals surface area contributed by atoms with Gasteiger partial charge in [0.25, 0.3) is 5.91 Å². The third-order valence-corrected chi connectivity index (χ3v) is 7.32. The number of esters is 1. The van der Waals surface area contributed by atoms with Crippen LogP contribution in [0.25, 0.3) is 0 Å². The first kappa shape index (κ1) is 26.6. The maximum Gasteiger partial charge on any atom is 0.305 e. The molecule has 3 saturated carbocycles. The molecule has 36 heavy (non-hydrogen) atoms. The predicted octanol–water partition coefficient (Wildman–Crippen LogP) is 4.89. The lowest BCUT2D eigenvalue weighted by atomic mass is 9.43. The van der Waals surface area contributed by atoms with Gasteiger partial charge < -0.3 is 19.5 Å². The quantitative estimate of drug-likeness (QED) is 0.348. The van der Waals surface area contributed by atoms with Crippen LogP contribution in [0.5, 0.6) is 11.5 Å². The molecule has 0 atom stereocenters. The average molecular weight is 535 g/mol. The van der Waals surface area contributed by atoms with E-state index in [1.54, 1.807) is 36.4 Å². The number of hydrogen-bond donors (Lipinski definition) is 1. The molecule has 1 amide bonds. The topological polar surface area (TPSA) is 77.1 Å². The fourth-order valence-electron chi connectivity index (χ4n) is 5.25. The molecule has 0 radical (unpaired) electrons. The van der Waals surface area contributed by atoms with E-state index < -0.39 is 0 Å². The maximum absolute atomic E-state index is 12.5. The zero-order chi connectivity index (χ0) is 25.6. The molecular weight excluding hydrogens is 503 g/mol. The molecule has 9 heteroatoms. The number of carbonyl (C=O) groups excluding carboxylic acids is 2. The number of nitrogens with zero attached hydrogens (tertiary/aromatic N) is 1. The summed E-state index contributed by atoms with van der Waals surface area (Å²) in [5.41, 5.74) is -0.140. The van der Waals surface area contributed by atoms with Crippen LogP contribution in [-0.2, 0) is 14.3 Å². The van der Waals surface area contributed by atoms with Gasteiger partial charge in [0, 0.05) is 34.1 Å². The van der Waals surface area contributed by atoms with Crippen LogP contribution in [0, 0.1) is 0 Å². The fourth-order valence-corrected chi connectivity index (χ4v) is 5.50. The second-order valence-electron chi connectivity index (χ2n) is 9.52. The Kier molecular flexibility index (Phi) is 8.65. The van der Waals surface area contributed by atoms with E-state index in [2.05, 4.69) is 10.2 Å². The van der Waals surface area contributed by atoms with E-state index in [1.807, 2.05) is 19.1 Å². The van der Waals surface area contributed by atoms with Crippen LogP contribution in [0.15, 0.2) is 48.5 Å². The molecule has 3 aliphatic rings. The Morgan fingerprint density at radius 2 is 1.50 bits per heavy atom. The van der Waals surface area contributed by atoms with Gasteiger partial charge in [0.2, 0.25) is 0 Å². The van der Waals surface area contributed by atoms with E-state index in [1.165, 1.54) is 0 Å². The van der Waals surface area contributed by atoms with Crippen LogP contribution in [0.4, 0.5) is 0 Å². The molecular formula is C27H32Cl2N2O5. The largest absolute Gasteiger partial charge is 0.492 e. The number of carbonyl (C=O) groups is 2. The number of rotatable bonds is 14. The first-order chi connectivity index (χ1) is 17.3. The Labute approximate surface area is 222 Å². The molecule has 1 N–H and O–H groups in total. The van der Waals surface area contributed by atoms with Crippen LogP contribution in [0.3, 0.4) is 0 Å². The number of nitrogens with one attached hydrogen (secondary N) is 1. The normalized spacial score (nSPS) is 21.8. The van der Waals surface area contributed by atoms with Crippen molar-refractivity contribution in [3.8, 4) is 11.5 Å². The van der Waals surface area contributed by atoms with Gasteiger partial charge in [-0.2, -0.15) is 0 Å². The first-order valence-electron chi connectivity index (χ1n) is 12.3. The number of benzene rings is 2. The summed E-state index contributed by atoms with van der Waals surface area (Å²) in [4.78, 5) is 26.7. The molecule has 5 rings (SSSR count). The van der Waals surface area contributed by atoms with Crippen LogP contribution in [0.2, 0.25) is 10.0 Å². The van der Waals surface area contributed by atoms with Crippen LogP contribution in [0.1, 0.15) is 39.0 Å². The van der Waals surface area contributed by atoms with E-state index >= 15 is 0 Å². The summed E-state index contributed by atoms with van der Waals surface area (Å²) in [5, 5.41) is 4.45. The van der Waals surface area contributed by atoms with Gasteiger partial charge in [-0.15, -0.1) is 0 Å². The van der Waals surface area contributed by atoms with Crippen molar-refractivity contribution in [1.82, 2.24) is 10.2 Å². The van der Waals surface area contributed by atoms with Gasteiger partial charge in [0.1, 0.15) is 18.1 Å². The average Bonchev–Trinajstić information content (AvgIpc) is 2.81. The van der Waals surface area contributed by atoms with Crippen molar-refractivity contribution in [2.45, 2.75) is 50.1 Å². The summed E-state index contributed by atoms with van der Waals surface area (Å²) in [5.74, 6) is 1.08. The summed E-state index contributed by atoms with van der Waals surface area (Å²) < 4.78 is 16.6. The van der Waals surface area contributed by atoms with Gasteiger partial charge in [-0.3, -0.25) is 14.5 Å². The first-order valence-corrected chi connectivity index (χ1v) is 13.1. The van der Waals surface area contributed by atoms with Crippen molar-refractivity contribution in [3.63, 3.8) is 0 Å². The van der Waals surface area contributed by atoms with E-state index in [0.29, 0.717) is 35.4 Å². The SMILES string of the molecule is CCOC(=O)CCCN(CCOc1ccc(Cl)cc1)C12CC(NC(=O)COc3ccc(Cl)cc3)(C1)C2. The number of amides is 1. The van der Waals surface area contributed by atoms with Crippen LogP contribution < -0.4 is 14.8 Å². The van der Waals surface area contributed by atoms with Gasteiger partial charge in [0.05, 0.1) is 6.61 Å². The molecule has 194 valence electrons. The Hall–Kier alpha value is -2.48. The van der Waals surface area contributed by atoms with E-state index in [9.17, 15) is 9.59 Å². The molecule has 2 bridgehead atoms. The molecule has 0 spiro atoms. The third-order valence-electron chi connectivity index (χ3n) is 6.82. The van der Waals surface area contributed by atoms with Crippen molar-refractivity contribution in [2.24, 2.45) is 0 Å². The lowest BCUT2D eigenvalue weighted by molar-refractivity contribution is -0.186. The molecule has 3 aliphatic carbocycles. The lowest BCUT2D eigenvalue weighted by Crippen LogP contribution is -2.84. The Morgan fingerprint density at radius 3 is 2.08 bits per heavy atom. The molecule has 0 aliphatic heterocycles. The zero-order valence-corrected chi connectivity index (χ0v) is 21.9. The molecule has 0 unspecified atom stereocenters. The zero-order valence-electron chi connectivity index (χ0n) is 20.4. The Balaban J connectivity index is 1.26. The summed E-state index contributed by atoms with van der Waals surface area (Å²) >= 11 is 11.8. The van der Waals surface area contributed by atoms with Crippen molar-refractivity contribution < 1.29 is 23.8 Å². The predicted molar refractivity (Wildman–Crippen MR) is 139 cm³/mol. The number of halogens is 2. The van der Waals surface area contributed by atoms with E-state index in [0.717, 1.165) is 44.5 Å². The fraction of sp³-hybridized carbons (Fsp3) is 0.481. The highest BCUT2D eigenvalue weighted by molar-refractivity contribution is 6.30. The van der Waals surface area contributed by atoms with Crippen molar-refractivity contribution in [3.05, 3.63) is 58.6 Å². The molecule has 0 heterocycles. The molecule has 2 aromatic rings. The number of hydrogen-bond acceptors (Lipinski definition) is 6. The monoisotopic (exact) mass is 534 g/mol. The summed E-state index contributed by atoms with van der Waals surface area (Å²) in [7, 11) is 0. The van der Waals surface area contributed by atoms with Crippen molar-refractivity contribution >= 4 is 35.1 Å². The summed E-state index contributed by atoms with van der Waals surface area (Å²) in [6, 6.07) is 14.3. The highest BCUT2D eigenvalue weighted by Crippen LogP contribution is 2.63. The Bertz CT molecular complexity index is 1030. The standard InChI is InChI=1S/C27H32Cl2N2O5/c1-2-34-25(33)4-3-13-31(14-15-35-22-9-5-20(28)6-10-22)27-17-26(18-27,19-27)30-24(32)16-36-23-11-7-21(29)8-12-23/h5-12H,2-4,13-19H2,1H3,(H,30,32). The summed E-state index contributed by atoms with van der Waals surface area (Å²) in [6.45, 7) is 4.20. The van der Waals surface area contributed by atoms with Gasteiger partial charge in [-0.1, -0.05) is 23.2 Å². The third kappa shape index (κ3) is 6.64. The molecule has 3 fully saturated rings. The number of ether oxygens (including phenoxy) is 3. The Morgan fingerprint density at radius 1 is 0.917 bits per heavy atom. The second kappa shape index (κ2) is 11.7. The van der Waals surface area contributed by atoms with Gasteiger partial charge in [-0.25, -0.2) is 0 Å². The van der Waals surface area contributed by atoms with E-state index in [4.69, 9.17) is 37.4 Å². The van der Waals surface area contributed by atoms with Gasteiger partial charge in [0.15, 0.2) is 6.61 Å². The lowest BCUT2D eigenvalue weighted by Gasteiger charge is -2.74. The molecule has 7 nitrogen and oxygen atoms in total. The van der Waals surface area contributed by atoms with Gasteiger partial charge >= 0.3 is 5.97 Å². The minimum Gasteiger partial charge on any atom is -0.492 e. The van der Waals surface area contributed by atoms with Crippen LogP contribution in [-0.4, -0.2) is 60.8 Å². The van der Waals surface area contributed by atoms with Crippen LogP contribution >= 0.6 is 23.2 Å². The molecule has 2 aromatic carbocycles. The molecule has 0 saturated heterocycles. The minimum absolute atomic E-state index is 0.0301. The summed E-state index contributed by atoms with van der Waals surface area (Å²) in [6.07, 6.45) is 3.76. The second-order valence-corrected chi connectivity index (χ2v) is 10.4. The van der Waals surface area contributed by atoms with Gasteiger partial charge in [-0.05, 0) is 87.7 Å². The van der Waals surface area contributed by atoms with Crippen molar-refractivity contribution in [2.75, 3.05) is 32.9 Å².